The number of nitrogens with zero attached hydrogens (tertiary/aromatic N) is 4. The zero-order valence-electron chi connectivity index (χ0n) is 17.5. The van der Waals surface area contributed by atoms with Crippen molar-refractivity contribution in [2.45, 2.75) is 31.4 Å². The van der Waals surface area contributed by atoms with Gasteiger partial charge in [0.05, 0.1) is 11.6 Å². The Morgan fingerprint density at radius 2 is 1.90 bits per heavy atom. The number of fused-ring (bicyclic) bond motifs is 1. The van der Waals surface area contributed by atoms with E-state index in [1.807, 2.05) is 24.3 Å². The fourth-order valence-corrected chi connectivity index (χ4v) is 4.18. The van der Waals surface area contributed by atoms with Gasteiger partial charge < -0.3 is 20.3 Å². The fourth-order valence-electron chi connectivity index (χ4n) is 3.91. The van der Waals surface area contributed by atoms with Crippen LogP contribution in [-0.2, 0) is 4.79 Å². The molecule has 1 aliphatic carbocycles. The van der Waals surface area contributed by atoms with Gasteiger partial charge in [0.2, 0.25) is 0 Å². The number of alkyl halides is 1. The van der Waals surface area contributed by atoms with Crippen molar-refractivity contribution < 1.29 is 9.18 Å². The van der Waals surface area contributed by atoms with Gasteiger partial charge in [-0.15, -0.1) is 0 Å². The Bertz CT molecular complexity index is 842. The van der Waals surface area contributed by atoms with Gasteiger partial charge in [0, 0.05) is 42.8 Å². The van der Waals surface area contributed by atoms with Crippen molar-refractivity contribution in [1.29, 1.82) is 0 Å². The number of aldehydes is 1. The number of piperazine rings is 1. The topological polar surface area (TPSA) is 75.3 Å². The summed E-state index contributed by atoms with van der Waals surface area (Å²) in [6.45, 7) is 6.43. The van der Waals surface area contributed by atoms with E-state index in [2.05, 4.69) is 49.7 Å². The summed E-state index contributed by atoms with van der Waals surface area (Å²) in [5.41, 5.74) is 8.03. The quantitative estimate of drug-likeness (QED) is 0.679. The molecule has 0 amide bonds. The van der Waals surface area contributed by atoms with E-state index in [0.717, 1.165) is 53.9 Å². The third kappa shape index (κ3) is 5.22. The minimum Gasteiger partial charge on any atom is -0.354 e. The summed E-state index contributed by atoms with van der Waals surface area (Å²) in [6, 6.07) is 7.61. The number of aromatic nitrogens is 2. The molecule has 0 bridgehead atoms. The summed E-state index contributed by atoms with van der Waals surface area (Å²) in [5.74, 6) is 1.02. The normalized spacial score (nSPS) is 22.1. The second-order valence-electron chi connectivity index (χ2n) is 7.92. The van der Waals surface area contributed by atoms with Gasteiger partial charge in [-0.1, -0.05) is 35.0 Å². The lowest BCUT2D eigenvalue weighted by Crippen LogP contribution is -2.45. The number of carbonyl (C=O) groups is 1. The Morgan fingerprint density at radius 3 is 2.50 bits per heavy atom. The minimum atomic E-state index is -0.913. The van der Waals surface area contributed by atoms with Crippen molar-refractivity contribution in [1.82, 2.24) is 14.9 Å². The molecule has 6 nitrogen and oxygen atoms in total. The highest BCUT2D eigenvalue weighted by atomic mass is 79.9. The summed E-state index contributed by atoms with van der Waals surface area (Å²) in [4.78, 5) is 23.7. The number of rotatable bonds is 4. The van der Waals surface area contributed by atoms with Crippen LogP contribution in [0.5, 0.6) is 0 Å². The fraction of sp³-hybridized carbons (Fsp3) is 0.500. The van der Waals surface area contributed by atoms with Gasteiger partial charge in [-0.3, -0.25) is 0 Å². The molecular formula is C22H29BrFN5O. The van der Waals surface area contributed by atoms with E-state index in [1.165, 1.54) is 6.33 Å². The Morgan fingerprint density at radius 1 is 1.23 bits per heavy atom. The van der Waals surface area contributed by atoms with Crippen LogP contribution in [0.25, 0.3) is 0 Å². The molecule has 1 saturated heterocycles. The smallest absolute Gasteiger partial charge is 0.143 e. The number of hydrogen-bond donors (Lipinski definition) is 1. The molecule has 1 fully saturated rings. The number of carbonyl (C=O) groups excluding carboxylic acids is 1. The van der Waals surface area contributed by atoms with E-state index < -0.39 is 6.17 Å². The van der Waals surface area contributed by atoms with Crippen LogP contribution in [0.1, 0.15) is 48.2 Å². The number of anilines is 1. The van der Waals surface area contributed by atoms with E-state index in [9.17, 15) is 9.18 Å². The molecule has 1 aliphatic heterocycles. The molecule has 2 heterocycles. The van der Waals surface area contributed by atoms with Crippen molar-refractivity contribution in [3.8, 4) is 0 Å². The third-order valence-electron chi connectivity index (χ3n) is 5.76. The van der Waals surface area contributed by atoms with E-state index in [-0.39, 0.29) is 11.8 Å². The SMILES string of the molecule is CC1CC(F)c2ncnc(N3CCN(C)CC3)c21.NCC(C=O)c1ccc(Br)cc1. The average molecular weight is 478 g/mol. The van der Waals surface area contributed by atoms with Crippen LogP contribution in [0.4, 0.5) is 10.2 Å². The zero-order valence-corrected chi connectivity index (χ0v) is 19.1. The number of hydrogen-bond acceptors (Lipinski definition) is 6. The Balaban J connectivity index is 0.000000187. The molecule has 8 heteroatoms. The summed E-state index contributed by atoms with van der Waals surface area (Å²) < 4.78 is 14.9. The first-order valence-corrected chi connectivity index (χ1v) is 11.1. The van der Waals surface area contributed by atoms with E-state index >= 15 is 0 Å². The highest BCUT2D eigenvalue weighted by Gasteiger charge is 2.34. The molecule has 1 aromatic heterocycles. The molecule has 162 valence electrons. The molecule has 3 atom stereocenters. The molecule has 2 N–H and O–H groups in total. The van der Waals surface area contributed by atoms with Crippen molar-refractivity contribution >= 4 is 28.0 Å². The Kier molecular flexibility index (Phi) is 7.91. The number of likely N-dealkylation sites (N-methyl/N-ethyl adjacent to an activating group) is 1. The summed E-state index contributed by atoms with van der Waals surface area (Å²) in [6.07, 6.45) is 2.03. The standard InChI is InChI=1S/C13H19FN4.C9H10BrNO/c1-9-7-10(14)12-11(9)13(16-8-15-12)18-5-3-17(2)4-6-18;10-9-3-1-7(2-4-9)8(5-11)6-12/h8-10H,3-7H2,1-2H3;1-4,6,8H,5,11H2. The Labute approximate surface area is 185 Å². The predicted molar refractivity (Wildman–Crippen MR) is 121 cm³/mol. The Hall–Kier alpha value is -1.90. The van der Waals surface area contributed by atoms with Gasteiger partial charge in [-0.05, 0) is 37.1 Å². The van der Waals surface area contributed by atoms with Gasteiger partial charge in [-0.25, -0.2) is 14.4 Å². The molecule has 1 aromatic carbocycles. The molecule has 0 saturated carbocycles. The molecule has 30 heavy (non-hydrogen) atoms. The first-order chi connectivity index (χ1) is 14.4. The highest BCUT2D eigenvalue weighted by molar-refractivity contribution is 9.10. The molecule has 3 unspecified atom stereocenters. The number of benzene rings is 1. The lowest BCUT2D eigenvalue weighted by molar-refractivity contribution is -0.108. The zero-order chi connectivity index (χ0) is 21.7. The lowest BCUT2D eigenvalue weighted by Gasteiger charge is -2.34. The van der Waals surface area contributed by atoms with Gasteiger partial charge >= 0.3 is 0 Å². The van der Waals surface area contributed by atoms with Gasteiger partial charge in [0.25, 0.3) is 0 Å². The molecule has 2 aromatic rings. The number of halogens is 2. The largest absolute Gasteiger partial charge is 0.354 e. The predicted octanol–water partition coefficient (Wildman–Crippen LogP) is 3.44. The molecular weight excluding hydrogens is 449 g/mol. The van der Waals surface area contributed by atoms with Crippen LogP contribution >= 0.6 is 15.9 Å². The van der Waals surface area contributed by atoms with E-state index in [0.29, 0.717) is 18.7 Å². The molecule has 0 spiro atoms. The van der Waals surface area contributed by atoms with Crippen LogP contribution in [0.2, 0.25) is 0 Å². The third-order valence-corrected chi connectivity index (χ3v) is 6.29. The molecule has 0 radical (unpaired) electrons. The number of nitrogens with two attached hydrogens (primary N) is 1. The first-order valence-electron chi connectivity index (χ1n) is 10.3. The van der Waals surface area contributed by atoms with Crippen LogP contribution in [0, 0.1) is 0 Å². The van der Waals surface area contributed by atoms with E-state index in [1.54, 1.807) is 0 Å². The lowest BCUT2D eigenvalue weighted by atomic mass is 10.0. The minimum absolute atomic E-state index is 0.168. The summed E-state index contributed by atoms with van der Waals surface area (Å²) >= 11 is 3.32. The van der Waals surface area contributed by atoms with Crippen molar-refractivity contribution in [2.24, 2.45) is 5.73 Å². The first kappa shape index (κ1) is 22.8. The monoisotopic (exact) mass is 477 g/mol. The van der Waals surface area contributed by atoms with Crippen LogP contribution < -0.4 is 10.6 Å². The maximum Gasteiger partial charge on any atom is 0.143 e. The summed E-state index contributed by atoms with van der Waals surface area (Å²) in [5, 5.41) is 0. The molecule has 2 aliphatic rings. The second kappa shape index (κ2) is 10.4. The van der Waals surface area contributed by atoms with E-state index in [4.69, 9.17) is 5.73 Å². The van der Waals surface area contributed by atoms with Gasteiger partial charge in [-0.2, -0.15) is 0 Å². The maximum atomic E-state index is 13.9. The second-order valence-corrected chi connectivity index (χ2v) is 8.84. The highest BCUT2D eigenvalue weighted by Crippen LogP contribution is 2.44. The van der Waals surface area contributed by atoms with Gasteiger partial charge in [0.1, 0.15) is 24.6 Å². The average Bonchev–Trinajstić information content (AvgIpc) is 3.05. The van der Waals surface area contributed by atoms with Crippen molar-refractivity contribution in [3.63, 3.8) is 0 Å². The van der Waals surface area contributed by atoms with Crippen molar-refractivity contribution in [2.75, 3.05) is 44.7 Å². The van der Waals surface area contributed by atoms with Crippen LogP contribution in [-0.4, -0.2) is 60.9 Å². The van der Waals surface area contributed by atoms with Gasteiger partial charge in [0.15, 0.2) is 0 Å². The maximum absolute atomic E-state index is 13.9. The van der Waals surface area contributed by atoms with Crippen LogP contribution in [0.15, 0.2) is 35.1 Å². The molecule has 4 rings (SSSR count). The van der Waals surface area contributed by atoms with Crippen LogP contribution in [0.3, 0.4) is 0 Å². The van der Waals surface area contributed by atoms with Crippen molar-refractivity contribution in [3.05, 3.63) is 51.9 Å². The summed E-state index contributed by atoms with van der Waals surface area (Å²) in [7, 11) is 2.13.